The second-order valence-corrected chi connectivity index (χ2v) is 5.98. The highest BCUT2D eigenvalue weighted by molar-refractivity contribution is 7.69. The van der Waals surface area contributed by atoms with Crippen molar-refractivity contribution in [2.45, 2.75) is 13.1 Å². The van der Waals surface area contributed by atoms with Gasteiger partial charge in [-0.2, -0.15) is 4.31 Å². The van der Waals surface area contributed by atoms with Crippen LogP contribution < -0.4 is 4.74 Å². The number of nitrogens with zero attached hydrogens (tertiary/aromatic N) is 2. The fourth-order valence-electron chi connectivity index (χ4n) is 2.19. The molecule has 0 fully saturated rings. The first-order valence-corrected chi connectivity index (χ1v) is 8.21. The van der Waals surface area contributed by atoms with Gasteiger partial charge in [-0.1, -0.05) is 12.1 Å². The molecule has 0 saturated heterocycles. The summed E-state index contributed by atoms with van der Waals surface area (Å²) in [6.45, 7) is 0.326. The van der Waals surface area contributed by atoms with Crippen LogP contribution in [0, 0.1) is 0 Å². The number of pyridine rings is 1. The van der Waals surface area contributed by atoms with E-state index in [-0.39, 0.29) is 13.1 Å². The Morgan fingerprint density at radius 1 is 1.21 bits per heavy atom. The molecule has 0 bridgehead atoms. The molecule has 0 unspecified atom stereocenters. The number of hydrogen-bond donors (Lipinski definition) is 1. The Labute approximate surface area is 141 Å². The molecule has 0 spiro atoms. The summed E-state index contributed by atoms with van der Waals surface area (Å²) in [7, 11) is -0.0405. The van der Waals surface area contributed by atoms with Gasteiger partial charge in [-0.05, 0) is 23.8 Å². The number of thiol groups is 1. The lowest BCUT2D eigenvalue weighted by atomic mass is 10.1. The van der Waals surface area contributed by atoms with Gasteiger partial charge in [0.25, 0.3) is 0 Å². The van der Waals surface area contributed by atoms with Crippen molar-refractivity contribution in [2.75, 3.05) is 14.2 Å². The Balaban J connectivity index is 2.24. The van der Waals surface area contributed by atoms with E-state index in [4.69, 9.17) is 4.74 Å². The van der Waals surface area contributed by atoms with E-state index in [1.807, 2.05) is 0 Å². The van der Waals surface area contributed by atoms with Crippen LogP contribution in [0.3, 0.4) is 0 Å². The highest BCUT2D eigenvalue weighted by atomic mass is 32.2. The number of ether oxygens (including phenoxy) is 2. The zero-order valence-corrected chi connectivity index (χ0v) is 14.2. The van der Waals surface area contributed by atoms with E-state index < -0.39 is 16.9 Å². The van der Waals surface area contributed by atoms with Crippen LogP contribution in [0.2, 0.25) is 0 Å². The van der Waals surface area contributed by atoms with Crippen LogP contribution >= 0.6 is 0 Å². The zero-order valence-electron chi connectivity index (χ0n) is 13.3. The molecule has 0 atom stereocenters. The van der Waals surface area contributed by atoms with Crippen LogP contribution in [0.1, 0.15) is 21.5 Å². The largest absolute Gasteiger partial charge is 0.496 e. The smallest absolute Gasteiger partial charge is 0.337 e. The fraction of sp³-hybridized carbons (Fsp3) is 0.250. The molecule has 0 aliphatic rings. The van der Waals surface area contributed by atoms with E-state index in [0.717, 1.165) is 5.56 Å². The van der Waals surface area contributed by atoms with Crippen LogP contribution in [0.5, 0.6) is 5.75 Å². The molecule has 2 aromatic rings. The standard InChI is InChI=1S/C16H18N2O5S/c1-22-15-8-13(16(19)23-2)5-6-14(15)11-18(24(20)21)10-12-4-3-7-17-9-12/h3-9,24H,10-11H2,1-2H3. The normalized spacial score (nSPS) is 10.8. The number of hydrogen-bond acceptors (Lipinski definition) is 6. The molecule has 2 rings (SSSR count). The SMILES string of the molecule is COC(=O)c1ccc(CN(Cc2cccnc2)[SH](=O)=O)c(OC)c1. The van der Waals surface area contributed by atoms with Gasteiger partial charge in [-0.3, -0.25) is 4.98 Å². The van der Waals surface area contributed by atoms with Gasteiger partial charge >= 0.3 is 5.97 Å². The minimum Gasteiger partial charge on any atom is -0.496 e. The molecule has 8 heteroatoms. The zero-order chi connectivity index (χ0) is 17.5. The van der Waals surface area contributed by atoms with E-state index >= 15 is 0 Å². The number of carbonyl (C=O) groups excluding carboxylic acids is 1. The maximum Gasteiger partial charge on any atom is 0.337 e. The summed E-state index contributed by atoms with van der Waals surface area (Å²) in [5.74, 6) is -0.0621. The molecular weight excluding hydrogens is 332 g/mol. The number of aromatic nitrogens is 1. The van der Waals surface area contributed by atoms with Crippen molar-refractivity contribution < 1.29 is 22.7 Å². The molecule has 7 nitrogen and oxygen atoms in total. The molecule has 0 N–H and O–H groups in total. The molecule has 0 amide bonds. The second kappa shape index (κ2) is 8.42. The molecular formula is C16H18N2O5S. The Morgan fingerprint density at radius 2 is 2.00 bits per heavy atom. The number of carbonyl (C=O) groups is 1. The Kier molecular flexibility index (Phi) is 6.28. The van der Waals surface area contributed by atoms with Crippen LogP contribution in [-0.2, 0) is 28.7 Å². The Hall–Kier alpha value is -2.45. The lowest BCUT2D eigenvalue weighted by Gasteiger charge is -2.17. The molecule has 0 aliphatic carbocycles. The van der Waals surface area contributed by atoms with Gasteiger partial charge in [-0.25, -0.2) is 13.2 Å². The van der Waals surface area contributed by atoms with E-state index in [2.05, 4.69) is 9.72 Å². The van der Waals surface area contributed by atoms with Gasteiger partial charge in [0.05, 0.1) is 19.8 Å². The minimum atomic E-state index is -2.79. The maximum atomic E-state index is 11.6. The van der Waals surface area contributed by atoms with E-state index in [9.17, 15) is 13.2 Å². The first-order chi connectivity index (χ1) is 11.5. The van der Waals surface area contributed by atoms with Gasteiger partial charge < -0.3 is 9.47 Å². The third kappa shape index (κ3) is 4.53. The van der Waals surface area contributed by atoms with Gasteiger partial charge in [0, 0.05) is 31.0 Å². The van der Waals surface area contributed by atoms with Crippen LogP contribution in [0.25, 0.3) is 0 Å². The third-order valence-electron chi connectivity index (χ3n) is 3.38. The lowest BCUT2D eigenvalue weighted by Crippen LogP contribution is -2.21. The summed E-state index contributed by atoms with van der Waals surface area (Å²) in [6, 6.07) is 8.30. The Morgan fingerprint density at radius 3 is 2.58 bits per heavy atom. The summed E-state index contributed by atoms with van der Waals surface area (Å²) < 4.78 is 34.3. The molecule has 0 radical (unpaired) electrons. The minimum absolute atomic E-state index is 0.123. The quantitative estimate of drug-likeness (QED) is 0.600. The van der Waals surface area contributed by atoms with Crippen molar-refractivity contribution in [1.82, 2.24) is 9.29 Å². The van der Waals surface area contributed by atoms with E-state index in [1.165, 1.54) is 24.6 Å². The topological polar surface area (TPSA) is 85.8 Å². The van der Waals surface area contributed by atoms with Crippen LogP contribution in [0.4, 0.5) is 0 Å². The highest BCUT2D eigenvalue weighted by Gasteiger charge is 2.15. The van der Waals surface area contributed by atoms with Crippen molar-refractivity contribution in [2.24, 2.45) is 0 Å². The van der Waals surface area contributed by atoms with Gasteiger partial charge in [0.1, 0.15) is 5.75 Å². The summed E-state index contributed by atoms with van der Waals surface area (Å²) in [4.78, 5) is 15.6. The second-order valence-electron chi connectivity index (χ2n) is 4.94. The van der Waals surface area contributed by atoms with Gasteiger partial charge in [-0.15, -0.1) is 0 Å². The molecule has 128 valence electrons. The number of esters is 1. The van der Waals surface area contributed by atoms with Crippen molar-refractivity contribution in [1.29, 1.82) is 0 Å². The third-order valence-corrected chi connectivity index (χ3v) is 4.12. The van der Waals surface area contributed by atoms with Crippen LogP contribution in [0.15, 0.2) is 42.7 Å². The van der Waals surface area contributed by atoms with E-state index in [0.29, 0.717) is 16.9 Å². The molecule has 24 heavy (non-hydrogen) atoms. The number of methoxy groups -OCH3 is 2. The molecule has 1 aromatic heterocycles. The van der Waals surface area contributed by atoms with Gasteiger partial charge in [0.2, 0.25) is 10.9 Å². The average Bonchev–Trinajstić information content (AvgIpc) is 2.61. The van der Waals surface area contributed by atoms with Crippen molar-refractivity contribution in [3.63, 3.8) is 0 Å². The molecule has 0 aliphatic heterocycles. The molecule has 1 heterocycles. The molecule has 0 saturated carbocycles. The maximum absolute atomic E-state index is 11.6. The fourth-order valence-corrected chi connectivity index (χ4v) is 2.74. The van der Waals surface area contributed by atoms with Crippen molar-refractivity contribution in [3.8, 4) is 5.75 Å². The predicted molar refractivity (Wildman–Crippen MR) is 88.1 cm³/mol. The Bertz CT molecular complexity index is 769. The van der Waals surface area contributed by atoms with Crippen molar-refractivity contribution in [3.05, 3.63) is 59.4 Å². The summed E-state index contributed by atoms with van der Waals surface area (Å²) in [5, 5.41) is 0. The first kappa shape index (κ1) is 17.9. The summed E-state index contributed by atoms with van der Waals surface area (Å²) >= 11 is 0. The van der Waals surface area contributed by atoms with E-state index in [1.54, 1.807) is 36.7 Å². The molecule has 1 aromatic carbocycles. The van der Waals surface area contributed by atoms with Crippen LogP contribution in [-0.4, -0.2) is 37.9 Å². The predicted octanol–water partition coefficient (Wildman–Crippen LogP) is 1.41. The number of benzene rings is 1. The lowest BCUT2D eigenvalue weighted by molar-refractivity contribution is 0.0600. The highest BCUT2D eigenvalue weighted by Crippen LogP contribution is 2.23. The average molecular weight is 350 g/mol. The van der Waals surface area contributed by atoms with Gasteiger partial charge in [0.15, 0.2) is 0 Å². The monoisotopic (exact) mass is 350 g/mol. The first-order valence-electron chi connectivity index (χ1n) is 7.08. The van der Waals surface area contributed by atoms with Crippen molar-refractivity contribution >= 4 is 16.9 Å². The summed E-state index contributed by atoms with van der Waals surface area (Å²) in [6.07, 6.45) is 3.24. The number of rotatable bonds is 7. The summed E-state index contributed by atoms with van der Waals surface area (Å²) in [5.41, 5.74) is 1.76.